The van der Waals surface area contributed by atoms with Crippen LogP contribution < -0.4 is 10.6 Å². The van der Waals surface area contributed by atoms with E-state index in [4.69, 9.17) is 12.2 Å². The molecule has 3 aromatic rings. The lowest BCUT2D eigenvalue weighted by Crippen LogP contribution is -2.33. The number of hydrogen-bond donors (Lipinski definition) is 2. The van der Waals surface area contributed by atoms with Crippen molar-refractivity contribution in [3.05, 3.63) is 82.9 Å². The highest BCUT2D eigenvalue weighted by atomic mass is 32.1. The van der Waals surface area contributed by atoms with Gasteiger partial charge in [0.15, 0.2) is 5.11 Å². The van der Waals surface area contributed by atoms with Crippen molar-refractivity contribution < 1.29 is 4.79 Å². The lowest BCUT2D eigenvalue weighted by Gasteiger charge is -2.29. The summed E-state index contributed by atoms with van der Waals surface area (Å²) in [6.07, 6.45) is 8.59. The van der Waals surface area contributed by atoms with Gasteiger partial charge in [0, 0.05) is 42.3 Å². The molecule has 194 valence electrons. The third kappa shape index (κ3) is 5.42. The van der Waals surface area contributed by atoms with Crippen molar-refractivity contribution in [1.29, 1.82) is 0 Å². The van der Waals surface area contributed by atoms with Gasteiger partial charge in [0.2, 0.25) is 5.91 Å². The van der Waals surface area contributed by atoms with Crippen molar-refractivity contribution in [1.82, 2.24) is 19.8 Å². The lowest BCUT2D eigenvalue weighted by atomic mass is 9.94. The number of anilines is 1. The minimum absolute atomic E-state index is 0.0129. The topological polar surface area (TPSA) is 62.2 Å². The smallest absolute Gasteiger partial charge is 0.226 e. The molecule has 37 heavy (non-hydrogen) atoms. The predicted octanol–water partition coefficient (Wildman–Crippen LogP) is 6.31. The fraction of sp³-hybridized carbons (Fsp3) is 0.433. The van der Waals surface area contributed by atoms with Crippen LogP contribution in [0, 0.1) is 20.8 Å². The molecule has 1 aliphatic carbocycles. The molecule has 1 amide bonds. The Bertz CT molecular complexity index is 1260. The summed E-state index contributed by atoms with van der Waals surface area (Å²) < 4.78 is 2.55. The second-order valence-electron chi connectivity index (χ2n) is 10.5. The summed E-state index contributed by atoms with van der Waals surface area (Å²) >= 11 is 5.85. The molecule has 7 heteroatoms. The van der Waals surface area contributed by atoms with E-state index in [-0.39, 0.29) is 18.0 Å². The van der Waals surface area contributed by atoms with Crippen LogP contribution in [-0.2, 0) is 4.79 Å². The Morgan fingerprint density at radius 3 is 2.62 bits per heavy atom. The largest absolute Gasteiger partial charge is 0.352 e. The van der Waals surface area contributed by atoms with E-state index in [0.29, 0.717) is 24.1 Å². The summed E-state index contributed by atoms with van der Waals surface area (Å²) in [5.74, 6) is -0.0129. The molecule has 2 aliphatic rings. The van der Waals surface area contributed by atoms with Crippen LogP contribution in [-0.4, -0.2) is 32.0 Å². The van der Waals surface area contributed by atoms with Crippen molar-refractivity contribution in [3.8, 4) is 0 Å². The molecule has 3 heterocycles. The number of benzene rings is 1. The molecular weight excluding hydrogens is 478 g/mol. The first-order valence-electron chi connectivity index (χ1n) is 13.5. The van der Waals surface area contributed by atoms with Crippen LogP contribution in [0.3, 0.4) is 0 Å². The molecule has 1 aliphatic heterocycles. The predicted molar refractivity (Wildman–Crippen MR) is 153 cm³/mol. The maximum absolute atomic E-state index is 12.9. The maximum Gasteiger partial charge on any atom is 0.226 e. The van der Waals surface area contributed by atoms with E-state index in [1.807, 2.05) is 49.5 Å². The fourth-order valence-electron chi connectivity index (χ4n) is 6.16. The Hall–Kier alpha value is -3.19. The zero-order chi connectivity index (χ0) is 25.9. The highest BCUT2D eigenvalue weighted by molar-refractivity contribution is 7.80. The summed E-state index contributed by atoms with van der Waals surface area (Å²) in [6.45, 7) is 7.03. The Balaban J connectivity index is 1.43. The Labute approximate surface area is 225 Å². The molecule has 2 N–H and O–H groups in total. The average molecular weight is 516 g/mol. The first-order valence-corrected chi connectivity index (χ1v) is 13.9. The molecule has 2 aromatic heterocycles. The molecule has 0 radical (unpaired) electrons. The number of carbonyl (C=O) groups excluding carboxylic acids is 1. The van der Waals surface area contributed by atoms with Gasteiger partial charge in [-0.15, -0.1) is 0 Å². The number of nitrogens with one attached hydrogen (secondary N) is 2. The summed E-state index contributed by atoms with van der Waals surface area (Å²) in [5, 5.41) is 7.25. The van der Waals surface area contributed by atoms with Crippen molar-refractivity contribution in [2.45, 2.75) is 77.4 Å². The van der Waals surface area contributed by atoms with Crippen LogP contribution in [0.1, 0.15) is 84.9 Å². The van der Waals surface area contributed by atoms with E-state index in [1.54, 1.807) is 0 Å². The molecule has 1 saturated carbocycles. The number of aryl methyl sites for hydroxylation is 2. The summed E-state index contributed by atoms with van der Waals surface area (Å²) in [6, 6.07) is 16.7. The third-order valence-electron chi connectivity index (χ3n) is 7.86. The van der Waals surface area contributed by atoms with E-state index in [1.165, 1.54) is 49.1 Å². The molecule has 1 saturated heterocycles. The van der Waals surface area contributed by atoms with Gasteiger partial charge in [0.25, 0.3) is 0 Å². The first-order chi connectivity index (χ1) is 17.9. The van der Waals surface area contributed by atoms with Crippen LogP contribution in [0.5, 0.6) is 0 Å². The number of carbonyl (C=O) groups is 1. The molecule has 0 unspecified atom stereocenters. The summed E-state index contributed by atoms with van der Waals surface area (Å²) in [4.78, 5) is 19.8. The average Bonchev–Trinajstić information content (AvgIpc) is 3.38. The molecule has 2 atom stereocenters. The molecule has 5 rings (SSSR count). The van der Waals surface area contributed by atoms with Gasteiger partial charge in [-0.25, -0.2) is 0 Å². The van der Waals surface area contributed by atoms with Crippen LogP contribution in [0.2, 0.25) is 0 Å². The number of aromatic nitrogens is 2. The van der Waals surface area contributed by atoms with Gasteiger partial charge >= 0.3 is 0 Å². The van der Waals surface area contributed by atoms with E-state index in [0.717, 1.165) is 16.9 Å². The minimum atomic E-state index is -0.0751. The van der Waals surface area contributed by atoms with E-state index in [2.05, 4.69) is 51.1 Å². The monoisotopic (exact) mass is 515 g/mol. The van der Waals surface area contributed by atoms with Crippen LogP contribution in [0.4, 0.5) is 5.69 Å². The van der Waals surface area contributed by atoms with Crippen molar-refractivity contribution in [2.24, 2.45) is 0 Å². The fourth-order valence-corrected chi connectivity index (χ4v) is 6.49. The van der Waals surface area contributed by atoms with E-state index in [9.17, 15) is 4.79 Å². The Kier molecular flexibility index (Phi) is 7.60. The van der Waals surface area contributed by atoms with Gasteiger partial charge < -0.3 is 20.1 Å². The Morgan fingerprint density at radius 1 is 1.08 bits per heavy atom. The summed E-state index contributed by atoms with van der Waals surface area (Å²) in [7, 11) is 0. The van der Waals surface area contributed by atoms with Crippen LogP contribution in [0.25, 0.3) is 0 Å². The summed E-state index contributed by atoms with van der Waals surface area (Å²) in [5.41, 5.74) is 6.78. The quantitative estimate of drug-likeness (QED) is 0.361. The van der Waals surface area contributed by atoms with Gasteiger partial charge in [-0.1, -0.05) is 37.5 Å². The second-order valence-corrected chi connectivity index (χ2v) is 10.9. The zero-order valence-electron chi connectivity index (χ0n) is 22.0. The van der Waals surface area contributed by atoms with Crippen LogP contribution in [0.15, 0.2) is 54.7 Å². The third-order valence-corrected chi connectivity index (χ3v) is 8.21. The van der Waals surface area contributed by atoms with Gasteiger partial charge in [0.1, 0.15) is 0 Å². The lowest BCUT2D eigenvalue weighted by molar-refractivity contribution is -0.116. The van der Waals surface area contributed by atoms with Crippen molar-refractivity contribution in [3.63, 3.8) is 0 Å². The second kappa shape index (κ2) is 11.1. The highest BCUT2D eigenvalue weighted by Gasteiger charge is 2.41. The zero-order valence-corrected chi connectivity index (χ0v) is 22.9. The van der Waals surface area contributed by atoms with Gasteiger partial charge in [-0.3, -0.25) is 9.78 Å². The van der Waals surface area contributed by atoms with Crippen LogP contribution >= 0.6 is 12.2 Å². The minimum Gasteiger partial charge on any atom is -0.352 e. The number of amides is 1. The van der Waals surface area contributed by atoms with Gasteiger partial charge in [-0.05, 0) is 87.3 Å². The number of thiocarbonyl (C=S) groups is 1. The number of nitrogens with zero attached hydrogens (tertiary/aromatic N) is 3. The normalized spacial score (nSPS) is 20.2. The van der Waals surface area contributed by atoms with Crippen molar-refractivity contribution in [2.75, 3.05) is 11.9 Å². The Morgan fingerprint density at radius 2 is 1.89 bits per heavy atom. The van der Waals surface area contributed by atoms with E-state index >= 15 is 0 Å². The molecular formula is C30H37N5OS. The first kappa shape index (κ1) is 25.5. The molecule has 6 nitrogen and oxygen atoms in total. The SMILES string of the molecule is Cc1cccc(NC(=O)CCN2C(=S)N[C@@H](c3ccccn3)[C@H]2c2cc(C)n(C3CCCCC3)c2C)c1. The molecule has 1 aromatic carbocycles. The van der Waals surface area contributed by atoms with Gasteiger partial charge in [0.05, 0.1) is 17.8 Å². The number of pyridine rings is 1. The number of rotatable bonds is 7. The molecule has 0 bridgehead atoms. The standard InChI is InChI=1S/C30H37N5OS/c1-20-10-9-11-23(18-20)32-27(36)15-17-34-29(28(33-30(34)37)26-14-7-8-16-31-26)25-19-21(2)35(22(25)3)24-12-5-4-6-13-24/h7-11,14,16,18-19,24,28-29H,4-6,12-13,15,17H2,1-3H3,(H,32,36)(H,33,37)/t28-,29+/m0/s1. The maximum atomic E-state index is 12.9. The van der Waals surface area contributed by atoms with Crippen molar-refractivity contribution >= 4 is 28.9 Å². The molecule has 2 fully saturated rings. The molecule has 0 spiro atoms. The highest BCUT2D eigenvalue weighted by Crippen LogP contribution is 2.42. The van der Waals surface area contributed by atoms with E-state index < -0.39 is 0 Å². The number of hydrogen-bond acceptors (Lipinski definition) is 3. The van der Waals surface area contributed by atoms with Gasteiger partial charge in [-0.2, -0.15) is 0 Å².